The van der Waals surface area contributed by atoms with Crippen molar-refractivity contribution in [3.05, 3.63) is 61.9 Å². The van der Waals surface area contributed by atoms with Gasteiger partial charge in [0.25, 0.3) is 0 Å². The Morgan fingerprint density at radius 2 is 1.78 bits per heavy atom. The minimum absolute atomic E-state index is 0.0847. The number of rotatable bonds is 6. The Morgan fingerprint density at radius 3 is 2.47 bits per heavy atom. The lowest BCUT2D eigenvalue weighted by Crippen LogP contribution is -2.59. The summed E-state index contributed by atoms with van der Waals surface area (Å²) in [7, 11) is 0. The standard InChI is InChI=1S/C35H43BrClN5O7/c1-21-17-41(34(45)49-35(3,4)5)22(2)16-40(21)31-26-15-27(37)28(36)30-29(26)42(32(43)38-31)24(20-47-30)19-46-25-11-13-39(14-12-25)33(44)48-18-23-9-7-6-8-10-23/h6-10,15,21-22,24-25H,11-14,16-20H2,1-5H3. The number of nitrogens with zero attached hydrogens (tertiary/aromatic N) is 5. The second-order valence-electron chi connectivity index (χ2n) is 14.0. The quantitative estimate of drug-likeness (QED) is 0.282. The van der Waals surface area contributed by atoms with Crippen molar-refractivity contribution in [3.8, 4) is 5.75 Å². The predicted molar refractivity (Wildman–Crippen MR) is 190 cm³/mol. The average molecular weight is 761 g/mol. The SMILES string of the molecule is CC1CN(c2nc(=O)n3c4c(c(Br)c(Cl)cc24)OCC3COC2CCN(C(=O)OCc3ccccc3)CC2)C(C)CN1C(=O)OC(C)(C)C. The lowest BCUT2D eigenvalue weighted by molar-refractivity contribution is -0.0153. The van der Waals surface area contributed by atoms with E-state index in [0.29, 0.717) is 71.0 Å². The van der Waals surface area contributed by atoms with Crippen LogP contribution in [0.4, 0.5) is 15.4 Å². The van der Waals surface area contributed by atoms with Crippen molar-refractivity contribution in [2.75, 3.05) is 44.3 Å². The molecule has 4 heterocycles. The van der Waals surface area contributed by atoms with Crippen LogP contribution in [0.5, 0.6) is 5.75 Å². The van der Waals surface area contributed by atoms with E-state index < -0.39 is 17.3 Å². The zero-order valence-electron chi connectivity index (χ0n) is 28.5. The summed E-state index contributed by atoms with van der Waals surface area (Å²) >= 11 is 10.3. The molecule has 3 atom stereocenters. The summed E-state index contributed by atoms with van der Waals surface area (Å²) in [6.45, 7) is 12.1. The van der Waals surface area contributed by atoms with Gasteiger partial charge in [-0.2, -0.15) is 4.98 Å². The number of halogens is 2. The Labute approximate surface area is 299 Å². The van der Waals surface area contributed by atoms with E-state index in [1.807, 2.05) is 65.0 Å². The number of benzene rings is 2. The summed E-state index contributed by atoms with van der Waals surface area (Å²) in [6, 6.07) is 10.6. The van der Waals surface area contributed by atoms with Crippen molar-refractivity contribution >= 4 is 56.4 Å². The second kappa shape index (κ2) is 14.4. The van der Waals surface area contributed by atoms with Gasteiger partial charge in [-0.25, -0.2) is 14.4 Å². The van der Waals surface area contributed by atoms with Gasteiger partial charge in [0.1, 0.15) is 30.1 Å². The van der Waals surface area contributed by atoms with Crippen molar-refractivity contribution in [1.82, 2.24) is 19.4 Å². The third-order valence-corrected chi connectivity index (χ3v) is 10.5. The van der Waals surface area contributed by atoms with Crippen LogP contribution in [0.15, 0.2) is 45.7 Å². The lowest BCUT2D eigenvalue weighted by Gasteiger charge is -2.45. The number of piperazine rings is 1. The van der Waals surface area contributed by atoms with Gasteiger partial charge in [-0.15, -0.1) is 0 Å². The van der Waals surface area contributed by atoms with Crippen LogP contribution in [0, 0.1) is 0 Å². The molecular formula is C35H43BrClN5O7. The number of hydrogen-bond acceptors (Lipinski definition) is 9. The summed E-state index contributed by atoms with van der Waals surface area (Å²) in [6.07, 6.45) is 0.516. The summed E-state index contributed by atoms with van der Waals surface area (Å²) in [4.78, 5) is 49.6. The third kappa shape index (κ3) is 7.63. The van der Waals surface area contributed by atoms with E-state index in [1.54, 1.807) is 20.4 Å². The molecule has 0 saturated carbocycles. The van der Waals surface area contributed by atoms with Gasteiger partial charge in [0, 0.05) is 43.6 Å². The van der Waals surface area contributed by atoms with Crippen LogP contribution in [-0.2, 0) is 20.8 Å². The molecule has 6 rings (SSSR count). The molecule has 0 N–H and O–H groups in total. The fourth-order valence-electron chi connectivity index (χ4n) is 6.63. The monoisotopic (exact) mass is 759 g/mol. The molecule has 49 heavy (non-hydrogen) atoms. The molecule has 2 aromatic carbocycles. The number of amides is 2. The molecule has 3 aliphatic rings. The molecule has 3 aromatic rings. The first-order valence-corrected chi connectivity index (χ1v) is 17.9. The van der Waals surface area contributed by atoms with Gasteiger partial charge >= 0.3 is 17.9 Å². The first-order valence-electron chi connectivity index (χ1n) is 16.7. The smallest absolute Gasteiger partial charge is 0.410 e. The van der Waals surface area contributed by atoms with Gasteiger partial charge in [-0.1, -0.05) is 41.9 Å². The average Bonchev–Trinajstić information content (AvgIpc) is 3.07. The number of hydrogen-bond donors (Lipinski definition) is 0. The highest BCUT2D eigenvalue weighted by atomic mass is 79.9. The third-order valence-electron chi connectivity index (χ3n) is 9.14. The Balaban J connectivity index is 1.16. The molecule has 3 unspecified atom stereocenters. The molecule has 0 spiro atoms. The number of anilines is 1. The van der Waals surface area contributed by atoms with E-state index in [0.717, 1.165) is 5.56 Å². The van der Waals surface area contributed by atoms with Gasteiger partial charge in [-0.3, -0.25) is 4.57 Å². The van der Waals surface area contributed by atoms with Crippen molar-refractivity contribution in [2.45, 2.75) is 83.9 Å². The highest BCUT2D eigenvalue weighted by molar-refractivity contribution is 9.10. The fourth-order valence-corrected chi connectivity index (χ4v) is 7.24. The normalized spacial score (nSPS) is 21.4. The van der Waals surface area contributed by atoms with E-state index >= 15 is 0 Å². The predicted octanol–water partition coefficient (Wildman–Crippen LogP) is 6.40. The molecule has 3 aliphatic heterocycles. The first-order chi connectivity index (χ1) is 23.3. The zero-order chi connectivity index (χ0) is 35.0. The summed E-state index contributed by atoms with van der Waals surface area (Å²) in [5.41, 5.74) is 0.510. The fraction of sp³-hybridized carbons (Fsp3) is 0.543. The van der Waals surface area contributed by atoms with Gasteiger partial charge < -0.3 is 33.6 Å². The van der Waals surface area contributed by atoms with E-state index in [2.05, 4.69) is 25.8 Å². The van der Waals surface area contributed by atoms with E-state index in [-0.39, 0.29) is 50.2 Å². The molecule has 0 radical (unpaired) electrons. The molecule has 2 saturated heterocycles. The highest BCUT2D eigenvalue weighted by Gasteiger charge is 2.38. The lowest BCUT2D eigenvalue weighted by atomic mass is 10.1. The number of aromatic nitrogens is 2. The van der Waals surface area contributed by atoms with Crippen LogP contribution in [0.25, 0.3) is 10.9 Å². The number of likely N-dealkylation sites (tertiary alicyclic amines) is 1. The van der Waals surface area contributed by atoms with Crippen LogP contribution < -0.4 is 15.3 Å². The maximum absolute atomic E-state index is 13.9. The van der Waals surface area contributed by atoms with Crippen LogP contribution in [0.1, 0.15) is 59.1 Å². The summed E-state index contributed by atoms with van der Waals surface area (Å²) in [5.74, 6) is 0.974. The van der Waals surface area contributed by atoms with Crippen molar-refractivity contribution in [1.29, 1.82) is 0 Å². The first kappa shape index (κ1) is 35.3. The highest BCUT2D eigenvalue weighted by Crippen LogP contribution is 2.44. The summed E-state index contributed by atoms with van der Waals surface area (Å²) < 4.78 is 26.0. The molecule has 0 bridgehead atoms. The number of piperidine rings is 1. The molecule has 2 amide bonds. The van der Waals surface area contributed by atoms with Gasteiger partial charge in [0.05, 0.1) is 28.2 Å². The maximum Gasteiger partial charge on any atom is 0.410 e. The van der Waals surface area contributed by atoms with Gasteiger partial charge in [-0.05, 0) is 75.0 Å². The largest absolute Gasteiger partial charge is 0.488 e. The molecule has 14 heteroatoms. The van der Waals surface area contributed by atoms with Crippen molar-refractivity contribution in [3.63, 3.8) is 0 Å². The Hall–Kier alpha value is -3.55. The summed E-state index contributed by atoms with van der Waals surface area (Å²) in [5, 5.41) is 1.12. The molecule has 0 aliphatic carbocycles. The maximum atomic E-state index is 13.9. The molecular weight excluding hydrogens is 718 g/mol. The van der Waals surface area contributed by atoms with Crippen LogP contribution in [0.2, 0.25) is 5.02 Å². The van der Waals surface area contributed by atoms with E-state index in [1.165, 1.54) is 0 Å². The van der Waals surface area contributed by atoms with E-state index in [9.17, 15) is 14.4 Å². The molecule has 2 fully saturated rings. The van der Waals surface area contributed by atoms with Gasteiger partial charge in [0.15, 0.2) is 5.75 Å². The minimum Gasteiger partial charge on any atom is -0.488 e. The zero-order valence-corrected chi connectivity index (χ0v) is 30.8. The van der Waals surface area contributed by atoms with Crippen molar-refractivity contribution < 1.29 is 28.5 Å². The van der Waals surface area contributed by atoms with Gasteiger partial charge in [0.2, 0.25) is 0 Å². The molecule has 264 valence electrons. The Kier molecular flexibility index (Phi) is 10.3. The van der Waals surface area contributed by atoms with Crippen LogP contribution in [0.3, 0.4) is 0 Å². The van der Waals surface area contributed by atoms with Crippen LogP contribution in [-0.4, -0.2) is 94.7 Å². The number of carbonyl (C=O) groups excluding carboxylic acids is 2. The van der Waals surface area contributed by atoms with Crippen LogP contribution >= 0.6 is 27.5 Å². The minimum atomic E-state index is -0.609. The second-order valence-corrected chi connectivity index (χ2v) is 15.2. The topological polar surface area (TPSA) is 116 Å². The van der Waals surface area contributed by atoms with E-state index in [4.69, 9.17) is 30.5 Å². The molecule has 12 nitrogen and oxygen atoms in total. The van der Waals surface area contributed by atoms with Crippen molar-refractivity contribution in [2.24, 2.45) is 0 Å². The number of ether oxygens (including phenoxy) is 4. The Morgan fingerprint density at radius 1 is 1.06 bits per heavy atom. The Bertz CT molecular complexity index is 1760. The molecule has 1 aromatic heterocycles. The number of carbonyl (C=O) groups is 2.